The number of anilines is 1. The van der Waals surface area contributed by atoms with Gasteiger partial charge in [0.25, 0.3) is 0 Å². The highest BCUT2D eigenvalue weighted by molar-refractivity contribution is 7.50. The Kier molecular flexibility index (Phi) is 4.47. The summed E-state index contributed by atoms with van der Waals surface area (Å²) in [5.41, 5.74) is 10.4. The fourth-order valence-electron chi connectivity index (χ4n) is 2.00. The Balaban J connectivity index is 2.12. The van der Waals surface area contributed by atoms with Crippen LogP contribution in [0.2, 0.25) is 0 Å². The lowest BCUT2D eigenvalue weighted by Gasteiger charge is -2.17. The SMILES string of the molecule is Cc1cn([C@H]2C[C@H](O)[C@@H](COP(N)(=O)O)O2)c(=O)nc1N. The predicted octanol–water partition coefficient (Wildman–Crippen LogP) is -1.14. The summed E-state index contributed by atoms with van der Waals surface area (Å²) in [6, 6.07) is 0. The van der Waals surface area contributed by atoms with Crippen LogP contribution in [0.1, 0.15) is 18.2 Å². The van der Waals surface area contributed by atoms with Gasteiger partial charge in [-0.15, -0.1) is 0 Å². The molecule has 2 heterocycles. The van der Waals surface area contributed by atoms with Gasteiger partial charge in [0, 0.05) is 18.2 Å². The van der Waals surface area contributed by atoms with Crippen LogP contribution in [0.25, 0.3) is 0 Å². The molecule has 6 N–H and O–H groups in total. The van der Waals surface area contributed by atoms with Crippen molar-refractivity contribution in [2.75, 3.05) is 12.3 Å². The second kappa shape index (κ2) is 5.84. The van der Waals surface area contributed by atoms with Crippen molar-refractivity contribution in [2.24, 2.45) is 5.50 Å². The Morgan fingerprint density at radius 1 is 1.67 bits per heavy atom. The van der Waals surface area contributed by atoms with E-state index in [-0.39, 0.29) is 18.8 Å². The lowest BCUT2D eigenvalue weighted by molar-refractivity contribution is -0.0424. The molecule has 2 rings (SSSR count). The number of nitrogen functional groups attached to an aromatic ring is 1. The van der Waals surface area contributed by atoms with E-state index in [4.69, 9.17) is 20.9 Å². The van der Waals surface area contributed by atoms with Gasteiger partial charge in [-0.3, -0.25) is 9.09 Å². The molecule has 1 aromatic rings. The minimum Gasteiger partial charge on any atom is -0.390 e. The summed E-state index contributed by atoms with van der Waals surface area (Å²) in [6.07, 6.45) is -1.01. The summed E-state index contributed by atoms with van der Waals surface area (Å²) in [6.45, 7) is 1.32. The number of aromatic nitrogens is 2. The van der Waals surface area contributed by atoms with Crippen LogP contribution in [-0.4, -0.2) is 38.4 Å². The third-order valence-corrected chi connectivity index (χ3v) is 3.63. The van der Waals surface area contributed by atoms with Crippen molar-refractivity contribution < 1.29 is 23.8 Å². The van der Waals surface area contributed by atoms with Gasteiger partial charge < -0.3 is 20.5 Å². The molecular formula is C10H17N4O6P. The normalized spacial score (nSPS) is 28.5. The molecule has 0 radical (unpaired) electrons. The summed E-state index contributed by atoms with van der Waals surface area (Å²) < 4.78 is 22.0. The van der Waals surface area contributed by atoms with Crippen LogP contribution in [0.3, 0.4) is 0 Å². The molecule has 1 aliphatic heterocycles. The number of aliphatic hydroxyl groups is 1. The zero-order valence-electron chi connectivity index (χ0n) is 11.2. The van der Waals surface area contributed by atoms with E-state index in [2.05, 4.69) is 9.51 Å². The molecular weight excluding hydrogens is 303 g/mol. The van der Waals surface area contributed by atoms with Crippen LogP contribution < -0.4 is 16.9 Å². The molecule has 0 spiro atoms. The molecule has 1 unspecified atom stereocenters. The summed E-state index contributed by atoms with van der Waals surface area (Å²) in [5, 5.41) is 9.85. The van der Waals surface area contributed by atoms with Gasteiger partial charge in [-0.1, -0.05) is 0 Å². The zero-order chi connectivity index (χ0) is 15.8. The Hall–Kier alpha value is -1.29. The van der Waals surface area contributed by atoms with Crippen LogP contribution in [0.15, 0.2) is 11.0 Å². The molecule has 0 bridgehead atoms. The summed E-state index contributed by atoms with van der Waals surface area (Å²) in [4.78, 5) is 24.3. The molecule has 0 aromatic carbocycles. The highest BCUT2D eigenvalue weighted by atomic mass is 31.2. The van der Waals surface area contributed by atoms with Gasteiger partial charge in [0.05, 0.1) is 12.7 Å². The number of nitrogens with zero attached hydrogens (tertiary/aromatic N) is 2. The molecule has 4 atom stereocenters. The van der Waals surface area contributed by atoms with Gasteiger partial charge in [-0.25, -0.2) is 14.9 Å². The van der Waals surface area contributed by atoms with Crippen molar-refractivity contribution >= 4 is 13.6 Å². The number of ether oxygens (including phenoxy) is 1. The highest BCUT2D eigenvalue weighted by Gasteiger charge is 2.36. The average Bonchev–Trinajstić information content (AvgIpc) is 2.72. The van der Waals surface area contributed by atoms with Crippen molar-refractivity contribution in [2.45, 2.75) is 31.8 Å². The van der Waals surface area contributed by atoms with Gasteiger partial charge in [0.15, 0.2) is 0 Å². The molecule has 1 saturated heterocycles. The monoisotopic (exact) mass is 320 g/mol. The molecule has 1 aliphatic rings. The van der Waals surface area contributed by atoms with Crippen LogP contribution in [-0.2, 0) is 13.8 Å². The van der Waals surface area contributed by atoms with E-state index in [0.29, 0.717) is 5.56 Å². The second-order valence-corrected chi connectivity index (χ2v) is 6.18. The molecule has 21 heavy (non-hydrogen) atoms. The number of rotatable bonds is 4. The largest absolute Gasteiger partial charge is 0.400 e. The van der Waals surface area contributed by atoms with Crippen LogP contribution in [0, 0.1) is 6.92 Å². The summed E-state index contributed by atoms with van der Waals surface area (Å²) in [5.74, 6) is 0.124. The van der Waals surface area contributed by atoms with Crippen LogP contribution in [0.4, 0.5) is 5.82 Å². The van der Waals surface area contributed by atoms with Crippen molar-refractivity contribution in [3.63, 3.8) is 0 Å². The van der Waals surface area contributed by atoms with Crippen LogP contribution in [0.5, 0.6) is 0 Å². The molecule has 0 amide bonds. The van der Waals surface area contributed by atoms with Gasteiger partial charge >= 0.3 is 13.4 Å². The fraction of sp³-hybridized carbons (Fsp3) is 0.600. The number of hydrogen-bond acceptors (Lipinski definition) is 7. The van der Waals surface area contributed by atoms with Crippen molar-refractivity contribution in [3.8, 4) is 0 Å². The van der Waals surface area contributed by atoms with Crippen molar-refractivity contribution in [1.82, 2.24) is 9.55 Å². The maximum Gasteiger partial charge on any atom is 0.400 e. The summed E-state index contributed by atoms with van der Waals surface area (Å²) >= 11 is 0. The maximum atomic E-state index is 11.8. The number of aliphatic hydroxyl groups excluding tert-OH is 1. The lowest BCUT2D eigenvalue weighted by Crippen LogP contribution is -2.29. The molecule has 1 fully saturated rings. The molecule has 0 aliphatic carbocycles. The molecule has 118 valence electrons. The van der Waals surface area contributed by atoms with E-state index in [1.807, 2.05) is 0 Å². The maximum absolute atomic E-state index is 11.8. The fourth-order valence-corrected chi connectivity index (χ4v) is 2.36. The first-order valence-electron chi connectivity index (χ1n) is 6.12. The Morgan fingerprint density at radius 3 is 2.95 bits per heavy atom. The zero-order valence-corrected chi connectivity index (χ0v) is 12.1. The average molecular weight is 320 g/mol. The lowest BCUT2D eigenvalue weighted by atomic mass is 10.2. The predicted molar refractivity (Wildman–Crippen MR) is 72.1 cm³/mol. The van der Waals surface area contributed by atoms with Gasteiger partial charge in [-0.05, 0) is 6.92 Å². The van der Waals surface area contributed by atoms with E-state index in [1.54, 1.807) is 6.92 Å². The second-order valence-electron chi connectivity index (χ2n) is 4.79. The molecule has 0 saturated carbocycles. The van der Waals surface area contributed by atoms with E-state index >= 15 is 0 Å². The van der Waals surface area contributed by atoms with Gasteiger partial charge in [0.1, 0.15) is 18.1 Å². The van der Waals surface area contributed by atoms with Gasteiger partial charge in [-0.2, -0.15) is 4.98 Å². The highest BCUT2D eigenvalue weighted by Crippen LogP contribution is 2.34. The third-order valence-electron chi connectivity index (χ3n) is 3.11. The first-order valence-corrected chi connectivity index (χ1v) is 7.77. The standard InChI is InChI=1S/C10H17N4O6P/c1-5-3-14(10(16)13-9(5)11)8-2-6(15)7(20-8)4-19-21(12,17)18/h3,6-8,15H,2,4H2,1H3,(H2,11,13,16)(H3,12,17,18)/t6-,7+,8+/m0/s1. The van der Waals surface area contributed by atoms with Gasteiger partial charge in [0.2, 0.25) is 0 Å². The minimum absolute atomic E-state index is 0.110. The van der Waals surface area contributed by atoms with E-state index < -0.39 is 31.9 Å². The van der Waals surface area contributed by atoms with Crippen molar-refractivity contribution in [3.05, 3.63) is 22.2 Å². The van der Waals surface area contributed by atoms with E-state index in [1.165, 1.54) is 10.8 Å². The van der Waals surface area contributed by atoms with Crippen LogP contribution >= 0.6 is 7.75 Å². The molecule has 1 aromatic heterocycles. The molecule has 11 heteroatoms. The topological polar surface area (TPSA) is 163 Å². The Morgan fingerprint density at radius 2 is 2.33 bits per heavy atom. The Labute approximate surface area is 119 Å². The minimum atomic E-state index is -4.15. The van der Waals surface area contributed by atoms with E-state index in [0.717, 1.165) is 0 Å². The first-order chi connectivity index (χ1) is 9.67. The van der Waals surface area contributed by atoms with Crippen molar-refractivity contribution in [1.29, 1.82) is 0 Å². The number of nitrogens with two attached hydrogens (primary N) is 2. The third kappa shape index (κ3) is 3.88. The summed E-state index contributed by atoms with van der Waals surface area (Å²) in [7, 11) is -4.15. The number of aryl methyl sites for hydroxylation is 1. The number of hydrogen-bond donors (Lipinski definition) is 4. The smallest absolute Gasteiger partial charge is 0.390 e. The Bertz CT molecular complexity index is 628. The quantitative estimate of drug-likeness (QED) is 0.502. The van der Waals surface area contributed by atoms with E-state index in [9.17, 15) is 14.5 Å². The first kappa shape index (κ1) is 16.1. The molecule has 10 nitrogen and oxygen atoms in total.